The lowest BCUT2D eigenvalue weighted by atomic mass is 10.3. The van der Waals surface area contributed by atoms with E-state index in [1.807, 2.05) is 6.07 Å². The Balaban J connectivity index is 1.55. The number of benzene rings is 1. The summed E-state index contributed by atoms with van der Waals surface area (Å²) >= 11 is 0. The fourth-order valence-electron chi connectivity index (χ4n) is 2.23. The molecule has 8 heteroatoms. The number of likely N-dealkylation sites (N-methyl/N-ethyl adjacent to an activating group) is 1. The number of nitrogens with one attached hydrogen (secondary N) is 1. The third-order valence-electron chi connectivity index (χ3n) is 3.31. The van der Waals surface area contributed by atoms with Gasteiger partial charge in [0.15, 0.2) is 0 Å². The summed E-state index contributed by atoms with van der Waals surface area (Å²) in [5.41, 5.74) is 1.17. The highest BCUT2D eigenvalue weighted by Crippen LogP contribution is 2.14. The molecule has 3 rings (SSSR count). The third-order valence-corrected chi connectivity index (χ3v) is 3.31. The predicted octanol–water partition coefficient (Wildman–Crippen LogP) is 2.34. The second-order valence-electron chi connectivity index (χ2n) is 5.48. The van der Waals surface area contributed by atoms with Crippen LogP contribution in [-0.4, -0.2) is 39.5 Å². The maximum atomic E-state index is 13.1. The highest BCUT2D eigenvalue weighted by atomic mass is 19.1. The third kappa shape index (κ3) is 4.67. The van der Waals surface area contributed by atoms with Crippen molar-refractivity contribution in [2.24, 2.45) is 0 Å². The van der Waals surface area contributed by atoms with E-state index in [0.29, 0.717) is 23.9 Å². The Labute approximate surface area is 143 Å². The first-order valence-corrected chi connectivity index (χ1v) is 7.57. The van der Waals surface area contributed by atoms with Crippen molar-refractivity contribution in [1.29, 1.82) is 0 Å². The Kier molecular flexibility index (Phi) is 5.10. The Bertz CT molecular complexity index is 853. The Morgan fingerprint density at radius 2 is 2.20 bits per heavy atom. The largest absolute Gasteiger partial charge is 0.338 e. The minimum absolute atomic E-state index is 0.0983. The van der Waals surface area contributed by atoms with Crippen LogP contribution in [0.3, 0.4) is 0 Å². The van der Waals surface area contributed by atoms with Crippen LogP contribution in [0.1, 0.15) is 5.89 Å². The molecular formula is C17H16FN5O2. The van der Waals surface area contributed by atoms with E-state index in [9.17, 15) is 9.18 Å². The minimum atomic E-state index is -0.403. The van der Waals surface area contributed by atoms with E-state index < -0.39 is 5.82 Å². The summed E-state index contributed by atoms with van der Waals surface area (Å²) in [6, 6.07) is 9.35. The van der Waals surface area contributed by atoms with Gasteiger partial charge in [0.05, 0.1) is 13.1 Å². The molecule has 0 saturated carbocycles. The average Bonchev–Trinajstić information content (AvgIpc) is 3.03. The molecule has 1 aromatic carbocycles. The average molecular weight is 341 g/mol. The van der Waals surface area contributed by atoms with Gasteiger partial charge in [-0.3, -0.25) is 14.7 Å². The van der Waals surface area contributed by atoms with E-state index in [-0.39, 0.29) is 12.5 Å². The van der Waals surface area contributed by atoms with Gasteiger partial charge < -0.3 is 9.84 Å². The van der Waals surface area contributed by atoms with Crippen LogP contribution >= 0.6 is 0 Å². The lowest BCUT2D eigenvalue weighted by Crippen LogP contribution is -2.29. The number of nitrogens with zero attached hydrogens (tertiary/aromatic N) is 4. The van der Waals surface area contributed by atoms with Crippen LogP contribution in [0.25, 0.3) is 11.4 Å². The number of aromatic nitrogens is 3. The molecule has 0 spiro atoms. The summed E-state index contributed by atoms with van der Waals surface area (Å²) in [5, 5.41) is 6.54. The molecule has 0 radical (unpaired) electrons. The molecule has 2 heterocycles. The molecule has 0 aliphatic heterocycles. The van der Waals surface area contributed by atoms with Crippen LogP contribution in [-0.2, 0) is 11.3 Å². The van der Waals surface area contributed by atoms with Gasteiger partial charge in [0, 0.05) is 23.6 Å². The van der Waals surface area contributed by atoms with Gasteiger partial charge >= 0.3 is 0 Å². The number of pyridine rings is 1. The maximum Gasteiger partial charge on any atom is 0.241 e. The first-order chi connectivity index (χ1) is 12.1. The molecule has 7 nitrogen and oxygen atoms in total. The molecule has 0 bridgehead atoms. The number of carbonyl (C=O) groups is 1. The van der Waals surface area contributed by atoms with Crippen molar-refractivity contribution in [1.82, 2.24) is 20.0 Å². The van der Waals surface area contributed by atoms with Crippen LogP contribution in [0.15, 0.2) is 53.3 Å². The van der Waals surface area contributed by atoms with Gasteiger partial charge in [-0.05, 0) is 37.4 Å². The van der Waals surface area contributed by atoms with Crippen LogP contribution in [0.5, 0.6) is 0 Å². The van der Waals surface area contributed by atoms with Crippen molar-refractivity contribution in [2.75, 3.05) is 18.9 Å². The summed E-state index contributed by atoms with van der Waals surface area (Å²) in [4.78, 5) is 22.0. The summed E-state index contributed by atoms with van der Waals surface area (Å²) in [6.07, 6.45) is 3.31. The van der Waals surface area contributed by atoms with Crippen molar-refractivity contribution in [3.63, 3.8) is 0 Å². The predicted molar refractivity (Wildman–Crippen MR) is 88.9 cm³/mol. The number of rotatable bonds is 6. The molecule has 1 amide bonds. The molecule has 0 unspecified atom stereocenters. The standard InChI is InChI=1S/C17H16FN5O2/c1-23(10-15(24)20-14-6-2-5-13(18)8-14)11-16-21-17(22-25-16)12-4-3-7-19-9-12/h2-9H,10-11H2,1H3,(H,20,24). The number of hydrogen-bond acceptors (Lipinski definition) is 6. The zero-order valence-electron chi connectivity index (χ0n) is 13.5. The van der Waals surface area contributed by atoms with E-state index in [0.717, 1.165) is 5.56 Å². The van der Waals surface area contributed by atoms with Gasteiger partial charge in [0.2, 0.25) is 17.6 Å². The number of carbonyl (C=O) groups excluding carboxylic acids is 1. The van der Waals surface area contributed by atoms with Crippen molar-refractivity contribution in [3.8, 4) is 11.4 Å². The SMILES string of the molecule is CN(CC(=O)Nc1cccc(F)c1)Cc1nc(-c2cccnc2)no1. The van der Waals surface area contributed by atoms with Crippen LogP contribution in [0.2, 0.25) is 0 Å². The molecule has 128 valence electrons. The number of anilines is 1. The molecule has 0 saturated heterocycles. The second-order valence-corrected chi connectivity index (χ2v) is 5.48. The van der Waals surface area contributed by atoms with E-state index in [1.54, 1.807) is 36.5 Å². The van der Waals surface area contributed by atoms with Gasteiger partial charge in [0.25, 0.3) is 0 Å². The van der Waals surface area contributed by atoms with Crippen molar-refractivity contribution in [2.45, 2.75) is 6.54 Å². The molecule has 1 N–H and O–H groups in total. The monoisotopic (exact) mass is 341 g/mol. The number of hydrogen-bond donors (Lipinski definition) is 1. The fraction of sp³-hybridized carbons (Fsp3) is 0.176. The zero-order chi connectivity index (χ0) is 17.6. The summed E-state index contributed by atoms with van der Waals surface area (Å²) in [6.45, 7) is 0.408. The summed E-state index contributed by atoms with van der Waals surface area (Å²) < 4.78 is 18.3. The molecule has 0 aliphatic carbocycles. The lowest BCUT2D eigenvalue weighted by Gasteiger charge is -2.13. The molecule has 0 aliphatic rings. The highest BCUT2D eigenvalue weighted by molar-refractivity contribution is 5.92. The molecule has 25 heavy (non-hydrogen) atoms. The van der Waals surface area contributed by atoms with Crippen LogP contribution < -0.4 is 5.32 Å². The van der Waals surface area contributed by atoms with Gasteiger partial charge in [-0.1, -0.05) is 11.2 Å². The van der Waals surface area contributed by atoms with Crippen LogP contribution in [0.4, 0.5) is 10.1 Å². The molecular weight excluding hydrogens is 325 g/mol. The zero-order valence-corrected chi connectivity index (χ0v) is 13.5. The van der Waals surface area contributed by atoms with Gasteiger partial charge in [-0.15, -0.1) is 0 Å². The first kappa shape index (κ1) is 16.7. The summed E-state index contributed by atoms with van der Waals surface area (Å²) in [5.74, 6) is 0.167. The van der Waals surface area contributed by atoms with E-state index in [2.05, 4.69) is 20.4 Å². The maximum absolute atomic E-state index is 13.1. The first-order valence-electron chi connectivity index (χ1n) is 7.57. The molecule has 0 fully saturated rings. The van der Waals surface area contributed by atoms with Crippen molar-refractivity contribution >= 4 is 11.6 Å². The minimum Gasteiger partial charge on any atom is -0.338 e. The van der Waals surface area contributed by atoms with E-state index in [1.165, 1.54) is 18.2 Å². The molecule has 0 atom stereocenters. The topological polar surface area (TPSA) is 84.2 Å². The quantitative estimate of drug-likeness (QED) is 0.741. The summed E-state index contributed by atoms with van der Waals surface area (Å²) in [7, 11) is 1.75. The van der Waals surface area contributed by atoms with Crippen LogP contribution in [0, 0.1) is 5.82 Å². The fourth-order valence-corrected chi connectivity index (χ4v) is 2.23. The van der Waals surface area contributed by atoms with Gasteiger partial charge in [-0.25, -0.2) is 4.39 Å². The lowest BCUT2D eigenvalue weighted by molar-refractivity contribution is -0.117. The highest BCUT2D eigenvalue weighted by Gasteiger charge is 2.13. The van der Waals surface area contributed by atoms with E-state index >= 15 is 0 Å². The number of amides is 1. The van der Waals surface area contributed by atoms with Crippen molar-refractivity contribution < 1.29 is 13.7 Å². The Hall–Kier alpha value is -3.13. The van der Waals surface area contributed by atoms with Gasteiger partial charge in [-0.2, -0.15) is 4.98 Å². The number of halogens is 1. The molecule has 2 aromatic heterocycles. The smallest absolute Gasteiger partial charge is 0.241 e. The van der Waals surface area contributed by atoms with Gasteiger partial charge in [0.1, 0.15) is 5.82 Å². The Morgan fingerprint density at radius 1 is 1.32 bits per heavy atom. The Morgan fingerprint density at radius 3 is 2.96 bits per heavy atom. The normalized spacial score (nSPS) is 10.8. The second kappa shape index (κ2) is 7.63. The van der Waals surface area contributed by atoms with E-state index in [4.69, 9.17) is 4.52 Å². The van der Waals surface area contributed by atoms with Crippen molar-refractivity contribution in [3.05, 3.63) is 60.5 Å². The molecule has 3 aromatic rings.